The smallest absolute Gasteiger partial charge is 0.260 e. The van der Waals surface area contributed by atoms with Crippen LogP contribution >= 0.6 is 0 Å². The molecule has 0 saturated carbocycles. The summed E-state index contributed by atoms with van der Waals surface area (Å²) in [4.78, 5) is 31.1. The molecule has 0 radical (unpaired) electrons. The number of allylic oxidation sites excluding steroid dienone is 1. The quantitative estimate of drug-likeness (QED) is 0.582. The molecule has 2 amide bonds. The van der Waals surface area contributed by atoms with Crippen LogP contribution in [0.4, 0.5) is 0 Å². The van der Waals surface area contributed by atoms with Crippen LogP contribution in [0.15, 0.2) is 16.8 Å². The maximum absolute atomic E-state index is 12.2. The molecule has 26 heavy (non-hydrogen) atoms. The van der Waals surface area contributed by atoms with E-state index < -0.39 is 0 Å². The van der Waals surface area contributed by atoms with Gasteiger partial charge in [0.1, 0.15) is 0 Å². The van der Waals surface area contributed by atoms with Crippen molar-refractivity contribution in [2.24, 2.45) is 10.6 Å². The van der Waals surface area contributed by atoms with Gasteiger partial charge in [-0.2, -0.15) is 0 Å². The molecule has 0 aromatic carbocycles. The lowest BCUT2D eigenvalue weighted by Crippen LogP contribution is -2.44. The van der Waals surface area contributed by atoms with E-state index in [4.69, 9.17) is 4.84 Å². The van der Waals surface area contributed by atoms with Crippen LogP contribution in [0.5, 0.6) is 0 Å². The molecule has 0 bridgehead atoms. The van der Waals surface area contributed by atoms with Gasteiger partial charge in [0.25, 0.3) is 5.91 Å². The minimum atomic E-state index is -0.350. The van der Waals surface area contributed by atoms with E-state index in [9.17, 15) is 9.59 Å². The first-order chi connectivity index (χ1) is 12.4. The summed E-state index contributed by atoms with van der Waals surface area (Å²) in [5, 5.41) is 6.96. The Morgan fingerprint density at radius 2 is 1.92 bits per heavy atom. The number of carbonyl (C=O) groups is 2. The van der Waals surface area contributed by atoms with E-state index in [1.165, 1.54) is 24.8 Å². The zero-order valence-corrected chi connectivity index (χ0v) is 16.5. The summed E-state index contributed by atoms with van der Waals surface area (Å²) in [7, 11) is 0. The third-order valence-electron chi connectivity index (χ3n) is 4.81. The number of nitrogens with zero attached hydrogens (tertiary/aromatic N) is 2. The summed E-state index contributed by atoms with van der Waals surface area (Å²) in [5.41, 5.74) is 2.02. The standard InChI is InChI=1S/C20H33N3O3/c1-20(2,3)19(25)23-13-10-17(11-14-23)22-26-15-18(24)21-12-9-16-7-5-4-6-8-16/h7H,4-6,8-15H2,1-3H3,(H,21,24). The predicted octanol–water partition coefficient (Wildman–Crippen LogP) is 3.03. The molecule has 1 N–H and O–H groups in total. The Hall–Kier alpha value is -1.85. The minimum Gasteiger partial charge on any atom is -0.386 e. The number of rotatable bonds is 6. The monoisotopic (exact) mass is 363 g/mol. The van der Waals surface area contributed by atoms with E-state index in [0.717, 1.165) is 18.6 Å². The number of amides is 2. The molecule has 1 heterocycles. The van der Waals surface area contributed by atoms with Crippen LogP contribution < -0.4 is 5.32 Å². The number of hydrogen-bond donors (Lipinski definition) is 1. The van der Waals surface area contributed by atoms with Gasteiger partial charge in [-0.25, -0.2) is 0 Å². The maximum atomic E-state index is 12.2. The third kappa shape index (κ3) is 6.81. The zero-order chi connectivity index (χ0) is 19.0. The first-order valence-corrected chi connectivity index (χ1v) is 9.78. The van der Waals surface area contributed by atoms with Crippen molar-refractivity contribution in [3.8, 4) is 0 Å². The lowest BCUT2D eigenvalue weighted by Gasteiger charge is -2.32. The summed E-state index contributed by atoms with van der Waals surface area (Å²) in [6.07, 6.45) is 9.52. The lowest BCUT2D eigenvalue weighted by atomic mass is 9.93. The normalized spacial score (nSPS) is 18.2. The van der Waals surface area contributed by atoms with Gasteiger partial charge in [0.05, 0.1) is 5.71 Å². The first-order valence-electron chi connectivity index (χ1n) is 9.78. The van der Waals surface area contributed by atoms with Gasteiger partial charge < -0.3 is 15.1 Å². The van der Waals surface area contributed by atoms with Gasteiger partial charge in [-0.3, -0.25) is 9.59 Å². The van der Waals surface area contributed by atoms with Crippen LogP contribution in [0, 0.1) is 5.41 Å². The Labute approximate surface area is 157 Å². The number of carbonyl (C=O) groups excluding carboxylic acids is 2. The topological polar surface area (TPSA) is 71.0 Å². The van der Waals surface area contributed by atoms with E-state index >= 15 is 0 Å². The highest BCUT2D eigenvalue weighted by Crippen LogP contribution is 2.20. The van der Waals surface area contributed by atoms with E-state index in [-0.39, 0.29) is 23.8 Å². The molecule has 6 heteroatoms. The molecule has 0 aromatic rings. The van der Waals surface area contributed by atoms with Crippen LogP contribution in [0.25, 0.3) is 0 Å². The molecule has 1 aliphatic carbocycles. The van der Waals surface area contributed by atoms with Crippen molar-refractivity contribution in [1.29, 1.82) is 0 Å². The Morgan fingerprint density at radius 1 is 1.19 bits per heavy atom. The van der Waals surface area contributed by atoms with Gasteiger partial charge >= 0.3 is 0 Å². The van der Waals surface area contributed by atoms with Crippen molar-refractivity contribution in [2.75, 3.05) is 26.2 Å². The molecule has 0 unspecified atom stereocenters. The highest BCUT2D eigenvalue weighted by Gasteiger charge is 2.29. The zero-order valence-electron chi connectivity index (χ0n) is 16.5. The number of oxime groups is 1. The van der Waals surface area contributed by atoms with Gasteiger partial charge in [-0.1, -0.05) is 37.6 Å². The lowest BCUT2D eigenvalue weighted by molar-refractivity contribution is -0.139. The van der Waals surface area contributed by atoms with Crippen molar-refractivity contribution in [1.82, 2.24) is 10.2 Å². The highest BCUT2D eigenvalue weighted by atomic mass is 16.6. The Balaban J connectivity index is 1.60. The molecule has 146 valence electrons. The summed E-state index contributed by atoms with van der Waals surface area (Å²) >= 11 is 0. The molecule has 6 nitrogen and oxygen atoms in total. The van der Waals surface area contributed by atoms with E-state index in [2.05, 4.69) is 16.5 Å². The molecule has 2 rings (SSSR count). The second-order valence-electron chi connectivity index (χ2n) is 8.18. The van der Waals surface area contributed by atoms with Gasteiger partial charge in [-0.05, 0) is 32.1 Å². The minimum absolute atomic E-state index is 0.0484. The highest BCUT2D eigenvalue weighted by molar-refractivity contribution is 5.88. The second kappa shape index (κ2) is 9.74. The van der Waals surface area contributed by atoms with Gasteiger partial charge in [-0.15, -0.1) is 0 Å². The first kappa shape index (κ1) is 20.5. The maximum Gasteiger partial charge on any atom is 0.260 e. The SMILES string of the molecule is CC(C)(C)C(=O)N1CCC(=NOCC(=O)NCCC2=CCCCC2)CC1. The van der Waals surface area contributed by atoms with Crippen molar-refractivity contribution in [2.45, 2.75) is 65.7 Å². The average molecular weight is 364 g/mol. The summed E-state index contributed by atoms with van der Waals surface area (Å²) in [6, 6.07) is 0. The Kier molecular flexibility index (Phi) is 7.66. The molecule has 1 saturated heterocycles. The summed E-state index contributed by atoms with van der Waals surface area (Å²) in [5.74, 6) is 0.0380. The number of likely N-dealkylation sites (tertiary alicyclic amines) is 1. The van der Waals surface area contributed by atoms with Gasteiger partial charge in [0.15, 0.2) is 6.61 Å². The Bertz CT molecular complexity index is 551. The van der Waals surface area contributed by atoms with Gasteiger partial charge in [0, 0.05) is 37.9 Å². The van der Waals surface area contributed by atoms with E-state index in [1.54, 1.807) is 0 Å². The van der Waals surface area contributed by atoms with Crippen LogP contribution in [0.2, 0.25) is 0 Å². The molecule has 1 fully saturated rings. The third-order valence-corrected chi connectivity index (χ3v) is 4.81. The fraction of sp³-hybridized carbons (Fsp3) is 0.750. The fourth-order valence-corrected chi connectivity index (χ4v) is 3.26. The van der Waals surface area contributed by atoms with Crippen LogP contribution in [-0.2, 0) is 14.4 Å². The molecule has 1 aliphatic heterocycles. The molecule has 0 spiro atoms. The molecule has 2 aliphatic rings. The van der Waals surface area contributed by atoms with Crippen molar-refractivity contribution >= 4 is 17.5 Å². The second-order valence-corrected chi connectivity index (χ2v) is 8.18. The number of nitrogens with one attached hydrogen (secondary N) is 1. The van der Waals surface area contributed by atoms with E-state index in [0.29, 0.717) is 32.5 Å². The molecular weight excluding hydrogens is 330 g/mol. The van der Waals surface area contributed by atoms with Crippen molar-refractivity contribution in [3.63, 3.8) is 0 Å². The molecule has 0 atom stereocenters. The van der Waals surface area contributed by atoms with Crippen molar-refractivity contribution < 1.29 is 14.4 Å². The number of hydrogen-bond acceptors (Lipinski definition) is 4. The summed E-state index contributed by atoms with van der Waals surface area (Å²) in [6.45, 7) is 7.75. The largest absolute Gasteiger partial charge is 0.386 e. The molecular formula is C20H33N3O3. The molecule has 0 aromatic heterocycles. The van der Waals surface area contributed by atoms with Crippen LogP contribution in [0.3, 0.4) is 0 Å². The number of piperidine rings is 1. The van der Waals surface area contributed by atoms with Gasteiger partial charge in [0.2, 0.25) is 5.91 Å². The predicted molar refractivity (Wildman–Crippen MR) is 103 cm³/mol. The van der Waals surface area contributed by atoms with Crippen LogP contribution in [-0.4, -0.2) is 48.7 Å². The van der Waals surface area contributed by atoms with Crippen molar-refractivity contribution in [3.05, 3.63) is 11.6 Å². The van der Waals surface area contributed by atoms with E-state index in [1.807, 2.05) is 25.7 Å². The Morgan fingerprint density at radius 3 is 2.54 bits per heavy atom. The van der Waals surface area contributed by atoms with Crippen LogP contribution in [0.1, 0.15) is 65.7 Å². The summed E-state index contributed by atoms with van der Waals surface area (Å²) < 4.78 is 0. The average Bonchev–Trinajstić information content (AvgIpc) is 2.62. The fourth-order valence-electron chi connectivity index (χ4n) is 3.26.